The molecule has 0 aliphatic heterocycles. The highest BCUT2D eigenvalue weighted by Gasteiger charge is 2.28. The van der Waals surface area contributed by atoms with Crippen LogP contribution in [0.3, 0.4) is 0 Å². The maximum atomic E-state index is 14.1. The second-order valence-electron chi connectivity index (χ2n) is 9.37. The Labute approximate surface area is 234 Å². The Morgan fingerprint density at radius 3 is 2.00 bits per heavy atom. The fourth-order valence-electron chi connectivity index (χ4n) is 4.83. The van der Waals surface area contributed by atoms with Crippen molar-refractivity contribution >= 4 is 21.9 Å². The Morgan fingerprint density at radius 1 is 0.619 bits per heavy atom. The monoisotopic (exact) mass is 568 g/mol. The van der Waals surface area contributed by atoms with E-state index in [1.807, 2.05) is 0 Å². The molecule has 2 heterocycles. The molecule has 42 heavy (non-hydrogen) atoms. The summed E-state index contributed by atoms with van der Waals surface area (Å²) in [6.07, 6.45) is 0. The average molecular weight is 568 g/mol. The Bertz CT molecular complexity index is 2170. The number of hydrogen-bond acceptors (Lipinski definition) is 11. The van der Waals surface area contributed by atoms with Gasteiger partial charge in [-0.25, -0.2) is 0 Å². The zero-order valence-corrected chi connectivity index (χ0v) is 21.6. The SMILES string of the molecule is COc1cc(O)cc2oc(-c3ccc(O)cc3)c(-c3c(O)cc4oc(-c5ccc(O)c(O)c5)cc(=O)c4c3O)c(=O)c12. The summed E-state index contributed by atoms with van der Waals surface area (Å²) in [5.74, 6) is -2.80. The second-order valence-corrected chi connectivity index (χ2v) is 9.37. The van der Waals surface area contributed by atoms with Crippen LogP contribution in [-0.2, 0) is 0 Å². The third-order valence-corrected chi connectivity index (χ3v) is 6.78. The molecule has 210 valence electrons. The van der Waals surface area contributed by atoms with Gasteiger partial charge in [-0.15, -0.1) is 0 Å². The molecule has 11 heteroatoms. The van der Waals surface area contributed by atoms with Crippen molar-refractivity contribution < 1.29 is 44.2 Å². The van der Waals surface area contributed by atoms with Gasteiger partial charge in [0.2, 0.25) is 5.43 Å². The molecule has 6 rings (SSSR count). The quantitative estimate of drug-likeness (QED) is 0.154. The highest BCUT2D eigenvalue weighted by atomic mass is 16.5. The molecule has 0 unspecified atom stereocenters. The van der Waals surface area contributed by atoms with E-state index in [2.05, 4.69) is 0 Å². The van der Waals surface area contributed by atoms with Crippen LogP contribution in [-0.4, -0.2) is 37.7 Å². The van der Waals surface area contributed by atoms with E-state index in [4.69, 9.17) is 13.6 Å². The van der Waals surface area contributed by atoms with Gasteiger partial charge in [0.15, 0.2) is 16.9 Å². The molecule has 0 atom stereocenters. The van der Waals surface area contributed by atoms with Gasteiger partial charge in [-0.3, -0.25) is 9.59 Å². The number of benzene rings is 4. The fourth-order valence-corrected chi connectivity index (χ4v) is 4.83. The fraction of sp³-hybridized carbons (Fsp3) is 0.0323. The number of ether oxygens (including phenoxy) is 1. The van der Waals surface area contributed by atoms with Gasteiger partial charge in [-0.05, 0) is 42.5 Å². The van der Waals surface area contributed by atoms with E-state index in [1.54, 1.807) is 0 Å². The van der Waals surface area contributed by atoms with E-state index in [9.17, 15) is 40.2 Å². The normalized spacial score (nSPS) is 11.3. The van der Waals surface area contributed by atoms with Crippen molar-refractivity contribution in [2.75, 3.05) is 7.11 Å². The van der Waals surface area contributed by atoms with Crippen LogP contribution >= 0.6 is 0 Å². The molecule has 0 radical (unpaired) electrons. The van der Waals surface area contributed by atoms with Gasteiger partial charge in [-0.2, -0.15) is 0 Å². The molecule has 0 saturated heterocycles. The Morgan fingerprint density at radius 2 is 1.31 bits per heavy atom. The molecule has 4 aromatic carbocycles. The van der Waals surface area contributed by atoms with Gasteiger partial charge >= 0.3 is 0 Å². The van der Waals surface area contributed by atoms with Crippen LogP contribution in [0.2, 0.25) is 0 Å². The maximum absolute atomic E-state index is 14.1. The number of phenols is 6. The highest BCUT2D eigenvalue weighted by molar-refractivity contribution is 6.01. The van der Waals surface area contributed by atoms with E-state index < -0.39 is 33.7 Å². The third kappa shape index (κ3) is 4.07. The summed E-state index contributed by atoms with van der Waals surface area (Å²) in [7, 11) is 1.28. The van der Waals surface area contributed by atoms with Crippen molar-refractivity contribution in [3.05, 3.63) is 87.2 Å². The molecular formula is C31H20O11. The van der Waals surface area contributed by atoms with E-state index in [0.717, 1.165) is 12.1 Å². The van der Waals surface area contributed by atoms with Crippen molar-refractivity contribution in [3.63, 3.8) is 0 Å². The minimum absolute atomic E-state index is 0.0334. The van der Waals surface area contributed by atoms with Crippen molar-refractivity contribution in [1.29, 1.82) is 0 Å². The molecule has 0 bridgehead atoms. The number of methoxy groups -OCH3 is 1. The van der Waals surface area contributed by atoms with Gasteiger partial charge < -0.3 is 44.2 Å². The molecule has 0 saturated carbocycles. The van der Waals surface area contributed by atoms with Crippen LogP contribution < -0.4 is 15.6 Å². The number of fused-ring (bicyclic) bond motifs is 2. The van der Waals surface area contributed by atoms with Crippen molar-refractivity contribution in [3.8, 4) is 74.0 Å². The lowest BCUT2D eigenvalue weighted by atomic mass is 9.95. The van der Waals surface area contributed by atoms with E-state index in [-0.39, 0.29) is 73.1 Å². The minimum atomic E-state index is -0.775. The van der Waals surface area contributed by atoms with Gasteiger partial charge in [0.1, 0.15) is 62.2 Å². The highest BCUT2D eigenvalue weighted by Crippen LogP contribution is 2.46. The van der Waals surface area contributed by atoms with Crippen LogP contribution in [0.4, 0.5) is 0 Å². The van der Waals surface area contributed by atoms with Crippen molar-refractivity contribution in [2.24, 2.45) is 0 Å². The largest absolute Gasteiger partial charge is 0.508 e. The Hall–Kier alpha value is -6.10. The first-order valence-corrected chi connectivity index (χ1v) is 12.3. The molecule has 0 amide bonds. The third-order valence-electron chi connectivity index (χ3n) is 6.78. The zero-order chi connectivity index (χ0) is 29.9. The summed E-state index contributed by atoms with van der Waals surface area (Å²) < 4.78 is 17.1. The molecule has 0 aliphatic rings. The number of phenolic OH excluding ortho intramolecular Hbond substituents is 6. The average Bonchev–Trinajstić information content (AvgIpc) is 2.94. The lowest BCUT2D eigenvalue weighted by molar-refractivity contribution is 0.404. The second kappa shape index (κ2) is 9.52. The lowest BCUT2D eigenvalue weighted by Gasteiger charge is -2.15. The van der Waals surface area contributed by atoms with Crippen molar-refractivity contribution in [1.82, 2.24) is 0 Å². The molecular weight excluding hydrogens is 548 g/mol. The smallest absolute Gasteiger partial charge is 0.205 e. The van der Waals surface area contributed by atoms with Gasteiger partial charge in [0, 0.05) is 35.4 Å². The number of hydrogen-bond donors (Lipinski definition) is 6. The first kappa shape index (κ1) is 26.1. The van der Waals surface area contributed by atoms with Crippen LogP contribution in [0.15, 0.2) is 85.2 Å². The number of aromatic hydroxyl groups is 6. The summed E-state index contributed by atoms with van der Waals surface area (Å²) >= 11 is 0. The predicted molar refractivity (Wildman–Crippen MR) is 151 cm³/mol. The van der Waals surface area contributed by atoms with Crippen LogP contribution in [0.5, 0.6) is 40.2 Å². The first-order chi connectivity index (χ1) is 20.1. The summed E-state index contributed by atoms with van der Waals surface area (Å²) in [6.45, 7) is 0. The molecule has 0 aliphatic carbocycles. The van der Waals surface area contributed by atoms with E-state index >= 15 is 0 Å². The van der Waals surface area contributed by atoms with Crippen LogP contribution in [0.1, 0.15) is 0 Å². The molecule has 2 aromatic heterocycles. The minimum Gasteiger partial charge on any atom is -0.508 e. The maximum Gasteiger partial charge on any atom is 0.205 e. The standard InChI is InChI=1S/C31H20O11/c1-40-22-9-16(33)10-23-27(22)30(39)28(31(42-23)13-2-5-15(32)6-3-13)26-20(37)12-24-25(29(26)38)19(36)11-21(41-24)14-4-7-17(34)18(35)8-14/h2-12,32-35,37-38H,1H3. The van der Waals surface area contributed by atoms with E-state index in [0.29, 0.717) is 0 Å². The van der Waals surface area contributed by atoms with Crippen LogP contribution in [0.25, 0.3) is 55.7 Å². The number of rotatable bonds is 4. The summed E-state index contributed by atoms with van der Waals surface area (Å²) in [5.41, 5.74) is -2.07. The molecule has 11 nitrogen and oxygen atoms in total. The van der Waals surface area contributed by atoms with Gasteiger partial charge in [-0.1, -0.05) is 0 Å². The molecule has 0 spiro atoms. The topological polar surface area (TPSA) is 191 Å². The van der Waals surface area contributed by atoms with Gasteiger partial charge in [0.05, 0.1) is 18.2 Å². The van der Waals surface area contributed by atoms with E-state index in [1.165, 1.54) is 61.7 Å². The Kier molecular flexibility index (Phi) is 5.93. The van der Waals surface area contributed by atoms with Crippen molar-refractivity contribution in [2.45, 2.75) is 0 Å². The molecule has 6 N–H and O–H groups in total. The molecule has 6 aromatic rings. The summed E-state index contributed by atoms with van der Waals surface area (Å²) in [6, 6.07) is 13.8. The summed E-state index contributed by atoms with van der Waals surface area (Å²) in [5, 5.41) is 61.5. The first-order valence-electron chi connectivity index (χ1n) is 12.3. The zero-order valence-electron chi connectivity index (χ0n) is 21.6. The summed E-state index contributed by atoms with van der Waals surface area (Å²) in [4.78, 5) is 27.3. The molecule has 0 fully saturated rings. The Balaban J connectivity index is 1.69. The van der Waals surface area contributed by atoms with Gasteiger partial charge in [0.25, 0.3) is 0 Å². The lowest BCUT2D eigenvalue weighted by Crippen LogP contribution is -2.10. The van der Waals surface area contributed by atoms with Crippen LogP contribution in [0, 0.1) is 0 Å². The predicted octanol–water partition coefficient (Wildman–Crippen LogP) is 5.14.